The van der Waals surface area contributed by atoms with Gasteiger partial charge in [0.15, 0.2) is 5.67 Å². The molecule has 0 spiro atoms. The normalized spacial score (nSPS) is 15.9. The summed E-state index contributed by atoms with van der Waals surface area (Å²) in [5, 5.41) is 8.88. The number of nitrogens with zero attached hydrogens (tertiary/aromatic N) is 3. The number of aryl methyl sites for hydroxylation is 2. The van der Waals surface area contributed by atoms with Crippen molar-refractivity contribution in [2.45, 2.75) is 19.5 Å². The molecule has 1 aromatic carbocycles. The molecule has 4 rings (SSSR count). The summed E-state index contributed by atoms with van der Waals surface area (Å²) in [4.78, 5) is 15.1. The Balaban J connectivity index is 1.61. The maximum atomic E-state index is 15.0. The molecule has 0 bridgehead atoms. The lowest BCUT2D eigenvalue weighted by Crippen LogP contribution is -2.58. The molecule has 1 amide bonds. The summed E-state index contributed by atoms with van der Waals surface area (Å²) in [7, 11) is 0. The van der Waals surface area contributed by atoms with Crippen LogP contribution >= 0.6 is 11.3 Å². The number of hydrogen-bond acceptors (Lipinski definition) is 5. The van der Waals surface area contributed by atoms with Gasteiger partial charge in [-0.05, 0) is 37.1 Å². The highest BCUT2D eigenvalue weighted by atomic mass is 32.1. The Bertz CT molecular complexity index is 1040. The van der Waals surface area contributed by atoms with Gasteiger partial charge in [0.05, 0.1) is 24.5 Å². The van der Waals surface area contributed by atoms with Crippen LogP contribution < -0.4 is 5.73 Å². The van der Waals surface area contributed by atoms with Crippen LogP contribution in [0.2, 0.25) is 0 Å². The first kappa shape index (κ1) is 16.8. The van der Waals surface area contributed by atoms with Crippen molar-refractivity contribution < 1.29 is 13.6 Å². The topological polar surface area (TPSA) is 72.1 Å². The predicted molar refractivity (Wildman–Crippen MR) is 96.4 cm³/mol. The van der Waals surface area contributed by atoms with Gasteiger partial charge in [-0.2, -0.15) is 5.10 Å². The van der Waals surface area contributed by atoms with Crippen molar-refractivity contribution >= 4 is 33.1 Å². The van der Waals surface area contributed by atoms with E-state index in [1.807, 2.05) is 13.8 Å². The number of fused-ring (bicyclic) bond motifs is 1. The molecule has 0 saturated carbocycles. The third-order valence-corrected chi connectivity index (χ3v) is 5.92. The summed E-state index contributed by atoms with van der Waals surface area (Å²) in [5.41, 5.74) is 6.66. The lowest BCUT2D eigenvalue weighted by molar-refractivity contribution is -0.0229. The quantitative estimate of drug-likeness (QED) is 0.747. The van der Waals surface area contributed by atoms with Crippen molar-refractivity contribution in [2.24, 2.45) is 0 Å². The van der Waals surface area contributed by atoms with Gasteiger partial charge in [-0.15, -0.1) is 16.4 Å². The molecule has 2 N–H and O–H groups in total. The summed E-state index contributed by atoms with van der Waals surface area (Å²) < 4.78 is 28.3. The molecule has 3 heterocycles. The molecular formula is C18H16F2N4OS. The Labute approximate surface area is 152 Å². The second-order valence-corrected chi connectivity index (χ2v) is 7.57. The number of carbonyl (C=O) groups excluding carboxylic acids is 1. The fraction of sp³-hybridized carbons (Fsp3) is 0.278. The SMILES string of the molecule is Cc1nnc2sc(C(=O)N3CC(F)(c4cccc(F)c4)C3)c(N)c2c1C. The average Bonchev–Trinajstić information content (AvgIpc) is 2.92. The highest BCUT2D eigenvalue weighted by Gasteiger charge is 2.48. The second-order valence-electron chi connectivity index (χ2n) is 6.57. The molecule has 5 nitrogen and oxygen atoms in total. The molecule has 1 aliphatic heterocycles. The van der Waals surface area contributed by atoms with Gasteiger partial charge in [-0.1, -0.05) is 12.1 Å². The molecule has 1 fully saturated rings. The fourth-order valence-electron chi connectivity index (χ4n) is 3.20. The number of halogens is 2. The molecule has 1 aliphatic rings. The molecular weight excluding hydrogens is 358 g/mol. The Morgan fingerprint density at radius 1 is 1.31 bits per heavy atom. The van der Waals surface area contributed by atoms with E-state index in [4.69, 9.17) is 5.73 Å². The van der Waals surface area contributed by atoms with Gasteiger partial charge in [0.1, 0.15) is 15.5 Å². The molecule has 0 unspecified atom stereocenters. The zero-order chi connectivity index (χ0) is 18.6. The summed E-state index contributed by atoms with van der Waals surface area (Å²) >= 11 is 1.16. The summed E-state index contributed by atoms with van der Waals surface area (Å²) in [5.74, 6) is -0.838. The number of alkyl halides is 1. The van der Waals surface area contributed by atoms with Crippen LogP contribution in [0.5, 0.6) is 0 Å². The number of aromatic nitrogens is 2. The second kappa shape index (κ2) is 5.70. The minimum absolute atomic E-state index is 0.132. The Morgan fingerprint density at radius 3 is 2.73 bits per heavy atom. The van der Waals surface area contributed by atoms with E-state index < -0.39 is 11.5 Å². The van der Waals surface area contributed by atoms with Crippen LogP contribution in [0, 0.1) is 19.7 Å². The van der Waals surface area contributed by atoms with Gasteiger partial charge in [-0.25, -0.2) is 8.78 Å². The first-order valence-electron chi connectivity index (χ1n) is 8.06. The standard InChI is InChI=1S/C18H16F2N4OS/c1-9-10(2)22-23-16-13(9)14(21)15(26-16)17(25)24-7-18(20,8-24)11-4-3-5-12(19)6-11/h3-6H,7-8,21H2,1-2H3. The van der Waals surface area contributed by atoms with Gasteiger partial charge < -0.3 is 10.6 Å². The number of nitrogen functional groups attached to an aromatic ring is 1. The highest BCUT2D eigenvalue weighted by Crippen LogP contribution is 2.40. The molecule has 1 saturated heterocycles. The van der Waals surface area contributed by atoms with Gasteiger partial charge in [0, 0.05) is 5.39 Å². The van der Waals surface area contributed by atoms with E-state index in [-0.39, 0.29) is 24.6 Å². The van der Waals surface area contributed by atoms with Gasteiger partial charge in [-0.3, -0.25) is 4.79 Å². The number of anilines is 1. The Morgan fingerprint density at radius 2 is 2.04 bits per heavy atom. The predicted octanol–water partition coefficient (Wildman–Crippen LogP) is 3.35. The monoisotopic (exact) mass is 374 g/mol. The zero-order valence-corrected chi connectivity index (χ0v) is 15.0. The third kappa shape index (κ3) is 2.44. The number of nitrogens with two attached hydrogens (primary N) is 1. The minimum Gasteiger partial charge on any atom is -0.397 e. The molecule has 26 heavy (non-hydrogen) atoms. The maximum Gasteiger partial charge on any atom is 0.266 e. The largest absolute Gasteiger partial charge is 0.397 e. The minimum atomic E-state index is -1.74. The number of carbonyl (C=O) groups is 1. The van der Waals surface area contributed by atoms with Gasteiger partial charge >= 0.3 is 0 Å². The number of hydrogen-bond donors (Lipinski definition) is 1. The molecule has 2 aromatic heterocycles. The first-order valence-corrected chi connectivity index (χ1v) is 8.88. The third-order valence-electron chi connectivity index (χ3n) is 4.84. The first-order chi connectivity index (χ1) is 12.3. The van der Waals surface area contributed by atoms with E-state index in [1.54, 1.807) is 0 Å². The Hall–Kier alpha value is -2.61. The highest BCUT2D eigenvalue weighted by molar-refractivity contribution is 7.21. The fourth-order valence-corrected chi connectivity index (χ4v) is 4.26. The van der Waals surface area contributed by atoms with Crippen LogP contribution in [0.4, 0.5) is 14.5 Å². The van der Waals surface area contributed by atoms with Crippen LogP contribution in [-0.4, -0.2) is 34.1 Å². The van der Waals surface area contributed by atoms with E-state index in [2.05, 4.69) is 10.2 Å². The Kier molecular flexibility index (Phi) is 3.69. The number of likely N-dealkylation sites (tertiary alicyclic amines) is 1. The van der Waals surface area contributed by atoms with E-state index in [1.165, 1.54) is 23.1 Å². The smallest absolute Gasteiger partial charge is 0.266 e. The average molecular weight is 374 g/mol. The van der Waals surface area contributed by atoms with E-state index in [9.17, 15) is 13.6 Å². The molecule has 0 atom stereocenters. The maximum absolute atomic E-state index is 15.0. The van der Waals surface area contributed by atoms with E-state index in [0.717, 1.165) is 34.0 Å². The van der Waals surface area contributed by atoms with Crippen molar-refractivity contribution in [3.63, 3.8) is 0 Å². The van der Waals surface area contributed by atoms with E-state index in [0.29, 0.717) is 15.4 Å². The van der Waals surface area contributed by atoms with Crippen molar-refractivity contribution in [3.8, 4) is 0 Å². The lowest BCUT2D eigenvalue weighted by Gasteiger charge is -2.44. The molecule has 0 aliphatic carbocycles. The summed E-state index contributed by atoms with van der Waals surface area (Å²) in [6.45, 7) is 3.44. The van der Waals surface area contributed by atoms with Crippen LogP contribution in [0.25, 0.3) is 10.2 Å². The van der Waals surface area contributed by atoms with Crippen LogP contribution in [0.3, 0.4) is 0 Å². The summed E-state index contributed by atoms with van der Waals surface area (Å²) in [6, 6.07) is 5.42. The van der Waals surface area contributed by atoms with Crippen LogP contribution in [-0.2, 0) is 5.67 Å². The van der Waals surface area contributed by atoms with E-state index >= 15 is 0 Å². The molecule has 3 aromatic rings. The molecule has 8 heteroatoms. The summed E-state index contributed by atoms with van der Waals surface area (Å²) in [6.07, 6.45) is 0. The number of benzene rings is 1. The van der Waals surface area contributed by atoms with Crippen LogP contribution in [0.15, 0.2) is 24.3 Å². The molecule has 0 radical (unpaired) electrons. The zero-order valence-electron chi connectivity index (χ0n) is 14.2. The van der Waals surface area contributed by atoms with Crippen molar-refractivity contribution in [2.75, 3.05) is 18.8 Å². The van der Waals surface area contributed by atoms with Crippen LogP contribution in [0.1, 0.15) is 26.5 Å². The van der Waals surface area contributed by atoms with Gasteiger partial charge in [0.25, 0.3) is 5.91 Å². The lowest BCUT2D eigenvalue weighted by atomic mass is 9.87. The number of rotatable bonds is 2. The van der Waals surface area contributed by atoms with Gasteiger partial charge in [0.2, 0.25) is 0 Å². The number of amides is 1. The van der Waals surface area contributed by atoms with Crippen molar-refractivity contribution in [3.05, 3.63) is 51.8 Å². The number of thiophene rings is 1. The van der Waals surface area contributed by atoms with Crippen molar-refractivity contribution in [1.29, 1.82) is 0 Å². The van der Waals surface area contributed by atoms with Crippen molar-refractivity contribution in [1.82, 2.24) is 15.1 Å². The molecule has 134 valence electrons.